The van der Waals surface area contributed by atoms with Gasteiger partial charge in [0.05, 0.1) is 4.88 Å². The normalized spacial score (nSPS) is 16.0. The van der Waals surface area contributed by atoms with Crippen LogP contribution in [0.3, 0.4) is 0 Å². The first-order valence-corrected chi connectivity index (χ1v) is 4.82. The van der Waals surface area contributed by atoms with E-state index in [4.69, 9.17) is 5.11 Å². The third-order valence-corrected chi connectivity index (χ3v) is 2.61. The highest BCUT2D eigenvalue weighted by Gasteiger charge is 2.22. The Kier molecular flexibility index (Phi) is 2.24. The average Bonchev–Trinajstić information content (AvgIpc) is 2.79. The maximum absolute atomic E-state index is 10.6. The SMILES string of the molecule is O=C(O)c1nnsc1CNC1CC1. The molecule has 0 bridgehead atoms. The molecule has 1 aliphatic rings. The summed E-state index contributed by atoms with van der Waals surface area (Å²) in [6, 6.07) is 0.573. The van der Waals surface area contributed by atoms with Gasteiger partial charge in [0.15, 0.2) is 5.69 Å². The molecular formula is C7H9N3O2S. The Labute approximate surface area is 78.9 Å². The van der Waals surface area contributed by atoms with Crippen LogP contribution < -0.4 is 5.32 Å². The van der Waals surface area contributed by atoms with Crippen molar-refractivity contribution in [2.45, 2.75) is 25.4 Å². The van der Waals surface area contributed by atoms with Crippen LogP contribution in [0.15, 0.2) is 0 Å². The van der Waals surface area contributed by atoms with Gasteiger partial charge in [-0.15, -0.1) is 5.10 Å². The number of carbonyl (C=O) groups is 1. The average molecular weight is 199 g/mol. The molecule has 1 aliphatic carbocycles. The molecule has 0 unspecified atom stereocenters. The standard InChI is InChI=1S/C7H9N3O2S/c11-7(12)6-5(13-10-9-6)3-8-4-1-2-4/h4,8H,1-3H2,(H,11,12). The molecule has 1 fully saturated rings. The minimum absolute atomic E-state index is 0.0816. The predicted octanol–water partition coefficient (Wildman–Crippen LogP) is 0.488. The van der Waals surface area contributed by atoms with Crippen LogP contribution in [0.5, 0.6) is 0 Å². The van der Waals surface area contributed by atoms with Crippen molar-refractivity contribution < 1.29 is 9.90 Å². The van der Waals surface area contributed by atoms with Gasteiger partial charge in [-0.25, -0.2) is 4.79 Å². The van der Waals surface area contributed by atoms with Gasteiger partial charge in [0.1, 0.15) is 0 Å². The van der Waals surface area contributed by atoms with E-state index in [9.17, 15) is 4.79 Å². The highest BCUT2D eigenvalue weighted by Crippen LogP contribution is 2.20. The summed E-state index contributed by atoms with van der Waals surface area (Å²) in [5, 5.41) is 15.5. The van der Waals surface area contributed by atoms with E-state index in [0.29, 0.717) is 17.5 Å². The predicted molar refractivity (Wildman–Crippen MR) is 46.7 cm³/mol. The molecule has 6 heteroatoms. The molecule has 0 aromatic carbocycles. The Morgan fingerprint density at radius 3 is 3.08 bits per heavy atom. The molecular weight excluding hydrogens is 190 g/mol. The number of nitrogens with one attached hydrogen (secondary N) is 1. The van der Waals surface area contributed by atoms with Crippen LogP contribution in [0.1, 0.15) is 28.2 Å². The van der Waals surface area contributed by atoms with Crippen molar-refractivity contribution in [2.24, 2.45) is 0 Å². The molecule has 0 atom stereocenters. The summed E-state index contributed by atoms with van der Waals surface area (Å²) < 4.78 is 3.61. The van der Waals surface area contributed by atoms with Crippen LogP contribution in [-0.2, 0) is 6.54 Å². The lowest BCUT2D eigenvalue weighted by Gasteiger charge is -1.98. The molecule has 1 saturated carbocycles. The lowest BCUT2D eigenvalue weighted by Crippen LogP contribution is -2.16. The van der Waals surface area contributed by atoms with Crippen molar-refractivity contribution in [3.8, 4) is 0 Å². The van der Waals surface area contributed by atoms with Gasteiger partial charge in [-0.1, -0.05) is 4.49 Å². The molecule has 0 radical (unpaired) electrons. The number of rotatable bonds is 4. The van der Waals surface area contributed by atoms with Crippen LogP contribution in [0.4, 0.5) is 0 Å². The van der Waals surface area contributed by atoms with Crippen LogP contribution in [0.25, 0.3) is 0 Å². The molecule has 0 spiro atoms. The Morgan fingerprint density at radius 1 is 1.69 bits per heavy atom. The fourth-order valence-corrected chi connectivity index (χ4v) is 1.60. The van der Waals surface area contributed by atoms with E-state index < -0.39 is 5.97 Å². The van der Waals surface area contributed by atoms with Gasteiger partial charge in [-0.2, -0.15) is 0 Å². The maximum Gasteiger partial charge on any atom is 0.357 e. The van der Waals surface area contributed by atoms with E-state index in [1.54, 1.807) is 0 Å². The second-order valence-corrected chi connectivity index (χ2v) is 3.84. The van der Waals surface area contributed by atoms with Crippen molar-refractivity contribution in [3.63, 3.8) is 0 Å². The first-order valence-electron chi connectivity index (χ1n) is 4.05. The molecule has 0 amide bonds. The number of hydrogen-bond acceptors (Lipinski definition) is 5. The molecule has 13 heavy (non-hydrogen) atoms. The Balaban J connectivity index is 2.00. The number of nitrogens with zero attached hydrogens (tertiary/aromatic N) is 2. The van der Waals surface area contributed by atoms with Crippen molar-refractivity contribution >= 4 is 17.5 Å². The summed E-state index contributed by atoms with van der Waals surface area (Å²) in [4.78, 5) is 11.3. The van der Waals surface area contributed by atoms with E-state index in [1.165, 1.54) is 12.8 Å². The number of carboxylic acid groups (broad SMARTS) is 1. The summed E-state index contributed by atoms with van der Waals surface area (Å²) >= 11 is 1.14. The summed E-state index contributed by atoms with van der Waals surface area (Å²) in [5.41, 5.74) is 0.0816. The lowest BCUT2D eigenvalue weighted by molar-refractivity contribution is 0.0689. The number of aromatic carboxylic acids is 1. The smallest absolute Gasteiger partial charge is 0.357 e. The highest BCUT2D eigenvalue weighted by atomic mass is 32.1. The number of hydrogen-bond donors (Lipinski definition) is 2. The molecule has 2 rings (SSSR count). The Morgan fingerprint density at radius 2 is 2.46 bits per heavy atom. The zero-order valence-electron chi connectivity index (χ0n) is 6.86. The monoisotopic (exact) mass is 199 g/mol. The first-order chi connectivity index (χ1) is 6.27. The zero-order chi connectivity index (χ0) is 9.26. The van der Waals surface area contributed by atoms with Gasteiger partial charge in [0.2, 0.25) is 0 Å². The molecule has 5 nitrogen and oxygen atoms in total. The van der Waals surface area contributed by atoms with Gasteiger partial charge < -0.3 is 10.4 Å². The third kappa shape index (κ3) is 2.02. The van der Waals surface area contributed by atoms with E-state index in [1.807, 2.05) is 0 Å². The molecule has 0 aliphatic heterocycles. The van der Waals surface area contributed by atoms with Gasteiger partial charge in [-0.05, 0) is 24.4 Å². The van der Waals surface area contributed by atoms with Gasteiger partial charge in [-0.3, -0.25) is 0 Å². The van der Waals surface area contributed by atoms with E-state index in [2.05, 4.69) is 14.9 Å². The quantitative estimate of drug-likeness (QED) is 0.738. The van der Waals surface area contributed by atoms with Gasteiger partial charge >= 0.3 is 5.97 Å². The molecule has 0 saturated heterocycles. The summed E-state index contributed by atoms with van der Waals surface area (Å²) in [5.74, 6) is -0.999. The fraction of sp³-hybridized carbons (Fsp3) is 0.571. The fourth-order valence-electron chi connectivity index (χ4n) is 1.01. The van der Waals surface area contributed by atoms with Gasteiger partial charge in [0, 0.05) is 12.6 Å². The second kappa shape index (κ2) is 3.39. The largest absolute Gasteiger partial charge is 0.476 e. The Hall–Kier alpha value is -1.01. The van der Waals surface area contributed by atoms with Crippen molar-refractivity contribution in [3.05, 3.63) is 10.6 Å². The van der Waals surface area contributed by atoms with Crippen molar-refractivity contribution in [1.82, 2.24) is 14.9 Å². The first kappa shape index (κ1) is 8.58. The van der Waals surface area contributed by atoms with E-state index in [0.717, 1.165) is 11.5 Å². The zero-order valence-corrected chi connectivity index (χ0v) is 7.67. The van der Waals surface area contributed by atoms with Crippen molar-refractivity contribution in [2.75, 3.05) is 0 Å². The summed E-state index contributed by atoms with van der Waals surface area (Å²) in [6.07, 6.45) is 2.38. The topological polar surface area (TPSA) is 75.1 Å². The van der Waals surface area contributed by atoms with Gasteiger partial charge in [0.25, 0.3) is 0 Å². The lowest BCUT2D eigenvalue weighted by atomic mass is 10.3. The molecule has 2 N–H and O–H groups in total. The summed E-state index contributed by atoms with van der Waals surface area (Å²) in [6.45, 7) is 0.573. The minimum Gasteiger partial charge on any atom is -0.476 e. The van der Waals surface area contributed by atoms with E-state index >= 15 is 0 Å². The summed E-state index contributed by atoms with van der Waals surface area (Å²) in [7, 11) is 0. The second-order valence-electron chi connectivity index (χ2n) is 3.01. The Bertz CT molecular complexity index is 321. The van der Waals surface area contributed by atoms with Crippen LogP contribution in [0, 0.1) is 0 Å². The van der Waals surface area contributed by atoms with E-state index in [-0.39, 0.29) is 5.69 Å². The molecule has 70 valence electrons. The van der Waals surface area contributed by atoms with Crippen LogP contribution in [0.2, 0.25) is 0 Å². The van der Waals surface area contributed by atoms with Crippen LogP contribution in [-0.4, -0.2) is 26.7 Å². The molecule has 1 aromatic heterocycles. The molecule has 1 heterocycles. The minimum atomic E-state index is -0.999. The third-order valence-electron chi connectivity index (χ3n) is 1.89. The van der Waals surface area contributed by atoms with Crippen LogP contribution >= 0.6 is 11.5 Å². The number of carboxylic acids is 1. The molecule has 1 aromatic rings. The number of aromatic nitrogens is 2. The highest BCUT2D eigenvalue weighted by molar-refractivity contribution is 7.05. The van der Waals surface area contributed by atoms with Crippen molar-refractivity contribution in [1.29, 1.82) is 0 Å². The maximum atomic E-state index is 10.6.